The van der Waals surface area contributed by atoms with Crippen LogP contribution < -0.4 is 10.6 Å². The van der Waals surface area contributed by atoms with Gasteiger partial charge in [0.1, 0.15) is 6.17 Å². The van der Waals surface area contributed by atoms with Gasteiger partial charge in [-0.3, -0.25) is 4.79 Å². The van der Waals surface area contributed by atoms with Crippen LogP contribution in [0.4, 0.5) is 5.69 Å². The lowest BCUT2D eigenvalue weighted by atomic mass is 10.0. The summed E-state index contributed by atoms with van der Waals surface area (Å²) in [6.45, 7) is 2.25. The van der Waals surface area contributed by atoms with Crippen LogP contribution in [0.5, 0.6) is 0 Å². The van der Waals surface area contributed by atoms with E-state index in [1.165, 1.54) is 64.2 Å². The molecule has 172 valence electrons. The smallest absolute Gasteiger partial charge is 0.228 e. The first-order valence-electron chi connectivity index (χ1n) is 11.2. The maximum Gasteiger partial charge on any atom is 0.228 e. The Hall–Kier alpha value is -0.350. The molecule has 0 bridgehead atoms. The monoisotopic (exact) mass is 496 g/mol. The molecule has 0 unspecified atom stereocenters. The Kier molecular flexibility index (Phi) is 15.0. The maximum atomic E-state index is 12.3. The zero-order valence-corrected chi connectivity index (χ0v) is 21.0. The van der Waals surface area contributed by atoms with Gasteiger partial charge in [-0.2, -0.15) is 0 Å². The quantitative estimate of drug-likeness (QED) is 0.136. The highest BCUT2D eigenvalue weighted by Crippen LogP contribution is 2.31. The van der Waals surface area contributed by atoms with Gasteiger partial charge in [-0.05, 0) is 30.7 Å². The van der Waals surface area contributed by atoms with E-state index in [-0.39, 0.29) is 5.91 Å². The van der Waals surface area contributed by atoms with Crippen LogP contribution >= 0.6 is 46.4 Å². The molecule has 0 fully saturated rings. The normalized spacial score (nSPS) is 12.6. The SMILES string of the molecule is CCCCCCCCCCCCCCC(=O)N[C@@H](Nc1ccc(Cl)cc1)C(Cl)(Cl)Cl. The number of carbonyl (C=O) groups excluding carboxylic acids is 1. The summed E-state index contributed by atoms with van der Waals surface area (Å²) in [5, 5.41) is 6.43. The molecule has 0 heterocycles. The molecule has 7 heteroatoms. The molecule has 0 aliphatic heterocycles. The van der Waals surface area contributed by atoms with Gasteiger partial charge in [0.2, 0.25) is 9.70 Å². The zero-order chi connectivity index (χ0) is 22.2. The highest BCUT2D eigenvalue weighted by Gasteiger charge is 2.33. The number of rotatable bonds is 16. The summed E-state index contributed by atoms with van der Waals surface area (Å²) in [6.07, 6.45) is 14.7. The number of hydrogen-bond donors (Lipinski definition) is 2. The molecule has 0 radical (unpaired) electrons. The van der Waals surface area contributed by atoms with Crippen molar-refractivity contribution in [3.63, 3.8) is 0 Å². The third-order valence-corrected chi connectivity index (χ3v) is 5.95. The molecule has 3 nitrogen and oxygen atoms in total. The van der Waals surface area contributed by atoms with Crippen molar-refractivity contribution < 1.29 is 4.79 Å². The minimum Gasteiger partial charge on any atom is -0.362 e. The van der Waals surface area contributed by atoms with Gasteiger partial charge in [0.15, 0.2) is 0 Å². The summed E-state index contributed by atoms with van der Waals surface area (Å²) in [7, 11) is 0. The highest BCUT2D eigenvalue weighted by atomic mass is 35.6. The number of unbranched alkanes of at least 4 members (excludes halogenated alkanes) is 11. The van der Waals surface area contributed by atoms with Gasteiger partial charge in [-0.1, -0.05) is 124 Å². The number of amides is 1. The molecule has 30 heavy (non-hydrogen) atoms. The Bertz CT molecular complexity index is 576. The number of halogens is 4. The summed E-state index contributed by atoms with van der Waals surface area (Å²) >= 11 is 24.0. The Morgan fingerprint density at radius 1 is 0.833 bits per heavy atom. The van der Waals surface area contributed by atoms with Gasteiger partial charge < -0.3 is 10.6 Å². The van der Waals surface area contributed by atoms with Crippen LogP contribution in [0.2, 0.25) is 5.02 Å². The number of hydrogen-bond acceptors (Lipinski definition) is 2. The van der Waals surface area contributed by atoms with Crippen molar-refractivity contribution in [3.05, 3.63) is 29.3 Å². The number of anilines is 1. The van der Waals surface area contributed by atoms with Gasteiger partial charge >= 0.3 is 0 Å². The van der Waals surface area contributed by atoms with Crippen molar-refractivity contribution in [2.45, 2.75) is 100 Å². The summed E-state index contributed by atoms with van der Waals surface area (Å²) in [5.41, 5.74) is 0.710. The first kappa shape index (κ1) is 27.7. The minimum atomic E-state index is -1.67. The first-order valence-corrected chi connectivity index (χ1v) is 12.7. The second kappa shape index (κ2) is 16.3. The van der Waals surface area contributed by atoms with E-state index in [1.54, 1.807) is 24.3 Å². The predicted octanol–water partition coefficient (Wildman–Crippen LogP) is 8.66. The molecule has 1 rings (SSSR count). The molecule has 1 atom stereocenters. The molecular weight excluding hydrogens is 462 g/mol. The van der Waals surface area contributed by atoms with Gasteiger partial charge in [-0.25, -0.2) is 0 Å². The van der Waals surface area contributed by atoms with Gasteiger partial charge in [0.25, 0.3) is 0 Å². The maximum absolute atomic E-state index is 12.3. The Morgan fingerprint density at radius 2 is 1.30 bits per heavy atom. The Morgan fingerprint density at radius 3 is 1.77 bits per heavy atom. The average molecular weight is 498 g/mol. The standard InChI is InChI=1S/C23H36Cl4N2O/c1-2-3-4-5-6-7-8-9-10-11-12-13-14-21(30)29-22(23(25,26)27)28-20-17-15-19(24)16-18-20/h15-18,22,28H,2-14H2,1H3,(H,29,30)/t22-/m1/s1. The van der Waals surface area contributed by atoms with E-state index in [1.807, 2.05) is 0 Å². The first-order chi connectivity index (χ1) is 14.3. The summed E-state index contributed by atoms with van der Waals surface area (Å²) in [5.74, 6) is -0.125. The zero-order valence-electron chi connectivity index (χ0n) is 18.0. The molecule has 1 aromatic rings. The van der Waals surface area contributed by atoms with Crippen molar-refractivity contribution in [2.24, 2.45) is 0 Å². The van der Waals surface area contributed by atoms with E-state index in [0.29, 0.717) is 17.1 Å². The van der Waals surface area contributed by atoms with E-state index in [9.17, 15) is 4.79 Å². The molecule has 1 aromatic carbocycles. The van der Waals surface area contributed by atoms with Crippen molar-refractivity contribution >= 4 is 58.0 Å². The topological polar surface area (TPSA) is 41.1 Å². The number of nitrogens with one attached hydrogen (secondary N) is 2. The van der Waals surface area contributed by atoms with Crippen molar-refractivity contribution in [1.29, 1.82) is 0 Å². The van der Waals surface area contributed by atoms with E-state index in [0.717, 1.165) is 12.8 Å². The van der Waals surface area contributed by atoms with Crippen molar-refractivity contribution in [1.82, 2.24) is 5.32 Å². The van der Waals surface area contributed by atoms with Crippen LogP contribution in [0, 0.1) is 0 Å². The molecule has 1 amide bonds. The van der Waals surface area contributed by atoms with Gasteiger partial charge in [0, 0.05) is 17.1 Å². The summed E-state index contributed by atoms with van der Waals surface area (Å²) in [4.78, 5) is 12.3. The lowest BCUT2D eigenvalue weighted by Gasteiger charge is -2.27. The van der Waals surface area contributed by atoms with Gasteiger partial charge in [0.05, 0.1) is 0 Å². The molecule has 0 aliphatic carbocycles. The molecule has 0 aromatic heterocycles. The second-order valence-electron chi connectivity index (χ2n) is 7.83. The highest BCUT2D eigenvalue weighted by molar-refractivity contribution is 6.68. The van der Waals surface area contributed by atoms with Crippen LogP contribution in [0.15, 0.2) is 24.3 Å². The lowest BCUT2D eigenvalue weighted by molar-refractivity contribution is -0.121. The number of carbonyl (C=O) groups is 1. The fourth-order valence-electron chi connectivity index (χ4n) is 3.27. The predicted molar refractivity (Wildman–Crippen MR) is 133 cm³/mol. The minimum absolute atomic E-state index is 0.125. The van der Waals surface area contributed by atoms with Crippen LogP contribution in [0.25, 0.3) is 0 Å². The molecule has 0 saturated heterocycles. The molecule has 0 spiro atoms. The molecular formula is C23H36Cl4N2O. The van der Waals surface area contributed by atoms with Crippen molar-refractivity contribution in [2.75, 3.05) is 5.32 Å². The van der Waals surface area contributed by atoms with E-state index in [2.05, 4.69) is 17.6 Å². The van der Waals surface area contributed by atoms with E-state index >= 15 is 0 Å². The summed E-state index contributed by atoms with van der Waals surface area (Å²) < 4.78 is -1.67. The van der Waals surface area contributed by atoms with Crippen LogP contribution in [0.3, 0.4) is 0 Å². The second-order valence-corrected chi connectivity index (χ2v) is 10.6. The van der Waals surface area contributed by atoms with Crippen molar-refractivity contribution in [3.8, 4) is 0 Å². The third-order valence-electron chi connectivity index (χ3n) is 5.05. The van der Waals surface area contributed by atoms with Gasteiger partial charge in [-0.15, -0.1) is 0 Å². The van der Waals surface area contributed by atoms with E-state index in [4.69, 9.17) is 46.4 Å². The summed E-state index contributed by atoms with van der Waals surface area (Å²) in [6, 6.07) is 6.99. The van der Waals surface area contributed by atoms with Crippen LogP contribution in [-0.4, -0.2) is 15.9 Å². The fraction of sp³-hybridized carbons (Fsp3) is 0.696. The molecule has 2 N–H and O–H groups in total. The lowest BCUT2D eigenvalue weighted by Crippen LogP contribution is -2.49. The average Bonchev–Trinajstić information content (AvgIpc) is 2.69. The largest absolute Gasteiger partial charge is 0.362 e. The van der Waals surface area contributed by atoms with E-state index < -0.39 is 9.96 Å². The Labute approximate surface area is 202 Å². The molecule has 0 aliphatic rings. The van der Waals surface area contributed by atoms with Crippen LogP contribution in [-0.2, 0) is 4.79 Å². The number of benzene rings is 1. The molecule has 0 saturated carbocycles. The van der Waals surface area contributed by atoms with Crippen LogP contribution in [0.1, 0.15) is 90.4 Å². The number of alkyl halides is 3. The third kappa shape index (κ3) is 13.9. The Balaban J connectivity index is 2.15. The fourth-order valence-corrected chi connectivity index (χ4v) is 3.73.